The summed E-state index contributed by atoms with van der Waals surface area (Å²) >= 11 is 12.0. The standard InChI is InChI=1S/C23H19Cl2NO3/c24-20-7-4-17(15-21(20)25)23-9-6-19(29-23)5-8-22(27)16-2-1-3-18(14-16)26-10-12-28-13-11-26/h1-9,14-15H,10-13H2. The van der Waals surface area contributed by atoms with Gasteiger partial charge in [-0.05, 0) is 54.6 Å². The van der Waals surface area contributed by atoms with Gasteiger partial charge in [0, 0.05) is 29.9 Å². The molecule has 0 N–H and O–H groups in total. The third kappa shape index (κ3) is 4.73. The molecule has 1 fully saturated rings. The summed E-state index contributed by atoms with van der Waals surface area (Å²) in [7, 11) is 0. The minimum atomic E-state index is -0.0763. The van der Waals surface area contributed by atoms with Crippen LogP contribution in [0, 0.1) is 0 Å². The second kappa shape index (κ2) is 8.87. The van der Waals surface area contributed by atoms with E-state index in [4.69, 9.17) is 32.4 Å². The molecule has 2 heterocycles. The van der Waals surface area contributed by atoms with Crippen molar-refractivity contribution >= 4 is 40.7 Å². The van der Waals surface area contributed by atoms with E-state index in [9.17, 15) is 4.79 Å². The number of halogens is 2. The summed E-state index contributed by atoms with van der Waals surface area (Å²) in [4.78, 5) is 14.8. The van der Waals surface area contributed by atoms with E-state index < -0.39 is 0 Å². The molecule has 2 aromatic carbocycles. The van der Waals surface area contributed by atoms with Crippen molar-refractivity contribution in [3.63, 3.8) is 0 Å². The van der Waals surface area contributed by atoms with E-state index in [1.807, 2.05) is 42.5 Å². The Kier molecular flexibility index (Phi) is 6.05. The maximum atomic E-state index is 12.6. The highest BCUT2D eigenvalue weighted by atomic mass is 35.5. The monoisotopic (exact) mass is 427 g/mol. The van der Waals surface area contributed by atoms with E-state index in [1.54, 1.807) is 18.2 Å². The van der Waals surface area contributed by atoms with Crippen LogP contribution in [-0.2, 0) is 4.74 Å². The van der Waals surface area contributed by atoms with Crippen LogP contribution in [0.15, 0.2) is 65.1 Å². The third-order valence-corrected chi connectivity index (χ3v) is 5.48. The van der Waals surface area contributed by atoms with Gasteiger partial charge in [-0.2, -0.15) is 0 Å². The molecular formula is C23H19Cl2NO3. The predicted octanol–water partition coefficient (Wildman–Crippen LogP) is 5.99. The fraction of sp³-hybridized carbons (Fsp3) is 0.174. The van der Waals surface area contributed by atoms with Gasteiger partial charge in [-0.15, -0.1) is 0 Å². The Balaban J connectivity index is 1.47. The maximum Gasteiger partial charge on any atom is 0.186 e. The van der Waals surface area contributed by atoms with Crippen LogP contribution in [0.5, 0.6) is 0 Å². The first kappa shape index (κ1) is 19.8. The first-order chi connectivity index (χ1) is 14.1. The third-order valence-electron chi connectivity index (χ3n) is 4.74. The molecule has 6 heteroatoms. The first-order valence-corrected chi connectivity index (χ1v) is 10.1. The second-order valence-electron chi connectivity index (χ2n) is 6.68. The Hall–Kier alpha value is -2.53. The molecule has 0 unspecified atom stereocenters. The van der Waals surface area contributed by atoms with E-state index in [0.717, 1.165) is 24.3 Å². The highest BCUT2D eigenvalue weighted by molar-refractivity contribution is 6.42. The summed E-state index contributed by atoms with van der Waals surface area (Å²) in [6, 6.07) is 16.6. The SMILES string of the molecule is O=C(C=Cc1ccc(-c2ccc(Cl)c(Cl)c2)o1)c1cccc(N2CCOCC2)c1. The molecule has 1 saturated heterocycles. The number of hydrogen-bond donors (Lipinski definition) is 0. The van der Waals surface area contributed by atoms with Gasteiger partial charge in [0.1, 0.15) is 11.5 Å². The number of allylic oxidation sites excluding steroid dienone is 1. The minimum absolute atomic E-state index is 0.0763. The summed E-state index contributed by atoms with van der Waals surface area (Å²) in [5.74, 6) is 1.17. The molecule has 4 rings (SSSR count). The molecule has 4 nitrogen and oxygen atoms in total. The van der Waals surface area contributed by atoms with Crippen molar-refractivity contribution in [2.75, 3.05) is 31.2 Å². The van der Waals surface area contributed by atoms with Crippen LogP contribution in [-0.4, -0.2) is 32.1 Å². The molecule has 0 atom stereocenters. The Morgan fingerprint density at radius 2 is 1.79 bits per heavy atom. The first-order valence-electron chi connectivity index (χ1n) is 9.30. The van der Waals surface area contributed by atoms with Crippen molar-refractivity contribution in [1.82, 2.24) is 0 Å². The molecule has 0 saturated carbocycles. The molecule has 29 heavy (non-hydrogen) atoms. The minimum Gasteiger partial charge on any atom is -0.457 e. The van der Waals surface area contributed by atoms with Gasteiger partial charge in [0.25, 0.3) is 0 Å². The zero-order valence-electron chi connectivity index (χ0n) is 15.6. The van der Waals surface area contributed by atoms with Gasteiger partial charge < -0.3 is 14.1 Å². The molecule has 0 bridgehead atoms. The van der Waals surface area contributed by atoms with Gasteiger partial charge in [-0.3, -0.25) is 4.79 Å². The summed E-state index contributed by atoms with van der Waals surface area (Å²) < 4.78 is 11.2. The fourth-order valence-corrected chi connectivity index (χ4v) is 3.48. The average molecular weight is 428 g/mol. The van der Waals surface area contributed by atoms with Gasteiger partial charge in [0.2, 0.25) is 0 Å². The molecule has 3 aromatic rings. The zero-order chi connectivity index (χ0) is 20.2. The number of benzene rings is 2. The highest BCUT2D eigenvalue weighted by Gasteiger charge is 2.13. The largest absolute Gasteiger partial charge is 0.457 e. The van der Waals surface area contributed by atoms with Crippen LogP contribution < -0.4 is 4.90 Å². The number of carbonyl (C=O) groups excluding carboxylic acids is 1. The van der Waals surface area contributed by atoms with Crippen LogP contribution in [0.1, 0.15) is 16.1 Å². The van der Waals surface area contributed by atoms with Gasteiger partial charge in [-0.25, -0.2) is 0 Å². The number of hydrogen-bond acceptors (Lipinski definition) is 4. The van der Waals surface area contributed by atoms with Crippen molar-refractivity contribution in [1.29, 1.82) is 0 Å². The molecule has 0 amide bonds. The lowest BCUT2D eigenvalue weighted by atomic mass is 10.1. The van der Waals surface area contributed by atoms with E-state index in [2.05, 4.69) is 4.90 Å². The second-order valence-corrected chi connectivity index (χ2v) is 7.49. The summed E-state index contributed by atoms with van der Waals surface area (Å²) in [5, 5.41) is 0.958. The van der Waals surface area contributed by atoms with Gasteiger partial charge in [0.15, 0.2) is 5.78 Å². The van der Waals surface area contributed by atoms with Crippen LogP contribution in [0.2, 0.25) is 10.0 Å². The fourth-order valence-electron chi connectivity index (χ4n) is 3.18. The van der Waals surface area contributed by atoms with Crippen molar-refractivity contribution < 1.29 is 13.9 Å². The number of carbonyl (C=O) groups is 1. The number of rotatable bonds is 5. The Bertz CT molecular complexity index is 1050. The number of ketones is 1. The van der Waals surface area contributed by atoms with Crippen molar-refractivity contribution in [2.45, 2.75) is 0 Å². The lowest BCUT2D eigenvalue weighted by molar-refractivity contribution is 0.104. The number of ether oxygens (including phenoxy) is 1. The lowest BCUT2D eigenvalue weighted by Gasteiger charge is -2.29. The van der Waals surface area contributed by atoms with E-state index in [-0.39, 0.29) is 5.78 Å². The topological polar surface area (TPSA) is 42.7 Å². The Morgan fingerprint density at radius 3 is 2.59 bits per heavy atom. The predicted molar refractivity (Wildman–Crippen MR) is 117 cm³/mol. The molecule has 148 valence electrons. The molecule has 1 aliphatic heterocycles. The maximum absolute atomic E-state index is 12.6. The summed E-state index contributed by atoms with van der Waals surface area (Å²) in [6.07, 6.45) is 3.20. The number of morpholine rings is 1. The van der Waals surface area contributed by atoms with Crippen molar-refractivity contribution in [3.05, 3.63) is 82.0 Å². The van der Waals surface area contributed by atoms with E-state index in [0.29, 0.717) is 40.3 Å². The molecule has 1 aromatic heterocycles. The van der Waals surface area contributed by atoms with Gasteiger partial charge in [0.05, 0.1) is 23.3 Å². The van der Waals surface area contributed by atoms with Gasteiger partial charge >= 0.3 is 0 Å². The quantitative estimate of drug-likeness (QED) is 0.370. The zero-order valence-corrected chi connectivity index (χ0v) is 17.1. The van der Waals surface area contributed by atoms with Crippen LogP contribution >= 0.6 is 23.2 Å². The Morgan fingerprint density at radius 1 is 0.966 bits per heavy atom. The normalized spacial score (nSPS) is 14.5. The van der Waals surface area contributed by atoms with Crippen molar-refractivity contribution in [3.8, 4) is 11.3 Å². The number of furan rings is 1. The lowest BCUT2D eigenvalue weighted by Crippen LogP contribution is -2.36. The molecular weight excluding hydrogens is 409 g/mol. The molecule has 0 spiro atoms. The van der Waals surface area contributed by atoms with Gasteiger partial charge in [-0.1, -0.05) is 35.3 Å². The van der Waals surface area contributed by atoms with Crippen molar-refractivity contribution in [2.24, 2.45) is 0 Å². The van der Waals surface area contributed by atoms with Crippen LogP contribution in [0.3, 0.4) is 0 Å². The van der Waals surface area contributed by atoms with E-state index in [1.165, 1.54) is 6.08 Å². The molecule has 1 aliphatic rings. The average Bonchev–Trinajstić information content (AvgIpc) is 3.24. The highest BCUT2D eigenvalue weighted by Crippen LogP contribution is 2.30. The van der Waals surface area contributed by atoms with E-state index >= 15 is 0 Å². The van der Waals surface area contributed by atoms with Crippen LogP contribution in [0.4, 0.5) is 5.69 Å². The molecule has 0 aliphatic carbocycles. The Labute approximate surface area is 179 Å². The summed E-state index contributed by atoms with van der Waals surface area (Å²) in [5.41, 5.74) is 2.50. The smallest absolute Gasteiger partial charge is 0.186 e. The number of nitrogens with zero attached hydrogens (tertiary/aromatic N) is 1. The molecule has 0 radical (unpaired) electrons. The summed E-state index contributed by atoms with van der Waals surface area (Å²) in [6.45, 7) is 3.07. The number of anilines is 1. The van der Waals surface area contributed by atoms with Crippen LogP contribution in [0.25, 0.3) is 17.4 Å².